The molecule has 2 rings (SSSR count). The molecule has 3 nitrogen and oxygen atoms in total. The Labute approximate surface area is 86.8 Å². The zero-order valence-corrected chi connectivity index (χ0v) is 8.36. The molecule has 0 atom stereocenters. The predicted molar refractivity (Wildman–Crippen MR) is 55.0 cm³/mol. The van der Waals surface area contributed by atoms with E-state index in [1.165, 1.54) is 0 Å². The van der Waals surface area contributed by atoms with Crippen LogP contribution in [0, 0.1) is 6.92 Å². The molecule has 0 saturated carbocycles. The molecule has 2 aromatic heterocycles. The van der Waals surface area contributed by atoms with E-state index in [9.17, 15) is 0 Å². The molecule has 0 bridgehead atoms. The van der Waals surface area contributed by atoms with Gasteiger partial charge in [-0.25, -0.2) is 0 Å². The minimum absolute atomic E-state index is 0.632. The highest BCUT2D eigenvalue weighted by Crippen LogP contribution is 2.25. The monoisotopic (exact) mass is 205 g/mol. The molecule has 70 valence electrons. The summed E-state index contributed by atoms with van der Waals surface area (Å²) in [4.78, 5) is 12.3. The highest BCUT2D eigenvalue weighted by molar-refractivity contribution is 6.33. The van der Waals surface area contributed by atoms with Crippen LogP contribution in [0.15, 0.2) is 30.9 Å². The zero-order valence-electron chi connectivity index (χ0n) is 7.61. The Hall–Kier alpha value is -1.48. The molecule has 0 radical (unpaired) electrons. The maximum Gasteiger partial charge on any atom is 0.109 e. The molecule has 0 aliphatic heterocycles. The quantitative estimate of drug-likeness (QED) is 0.718. The van der Waals surface area contributed by atoms with Crippen LogP contribution in [-0.2, 0) is 0 Å². The van der Waals surface area contributed by atoms with Crippen LogP contribution >= 0.6 is 11.6 Å². The summed E-state index contributed by atoms with van der Waals surface area (Å²) in [5.74, 6) is 0. The normalized spacial score (nSPS) is 10.1. The van der Waals surface area contributed by atoms with Gasteiger partial charge in [-0.15, -0.1) is 0 Å². The number of pyridine rings is 1. The molecule has 0 N–H and O–H groups in total. The van der Waals surface area contributed by atoms with E-state index in [-0.39, 0.29) is 0 Å². The summed E-state index contributed by atoms with van der Waals surface area (Å²) in [5, 5.41) is 0.632. The van der Waals surface area contributed by atoms with Crippen molar-refractivity contribution in [1.82, 2.24) is 15.0 Å². The Balaban J connectivity index is 2.58. The van der Waals surface area contributed by atoms with E-state index in [2.05, 4.69) is 15.0 Å². The van der Waals surface area contributed by atoms with Gasteiger partial charge in [0.25, 0.3) is 0 Å². The summed E-state index contributed by atoms with van der Waals surface area (Å²) >= 11 is 6.10. The summed E-state index contributed by atoms with van der Waals surface area (Å²) in [6, 6.07) is 1.86. The van der Waals surface area contributed by atoms with Crippen LogP contribution in [0.25, 0.3) is 11.4 Å². The van der Waals surface area contributed by atoms with Crippen molar-refractivity contribution >= 4 is 11.6 Å². The van der Waals surface area contributed by atoms with Crippen LogP contribution in [0.3, 0.4) is 0 Å². The lowest BCUT2D eigenvalue weighted by Crippen LogP contribution is -1.90. The van der Waals surface area contributed by atoms with Crippen molar-refractivity contribution in [2.24, 2.45) is 0 Å². The Morgan fingerprint density at radius 3 is 2.71 bits per heavy atom. The van der Waals surface area contributed by atoms with Gasteiger partial charge in [-0.2, -0.15) is 0 Å². The number of rotatable bonds is 1. The average molecular weight is 206 g/mol. The first-order valence-corrected chi connectivity index (χ1v) is 4.54. The fourth-order valence-corrected chi connectivity index (χ4v) is 1.35. The SMILES string of the molecule is Cc1ccnc(-c2cnccn2)c1Cl. The topological polar surface area (TPSA) is 38.7 Å². The highest BCUT2D eigenvalue weighted by atomic mass is 35.5. The standard InChI is InChI=1S/C10H8ClN3/c1-7-2-3-14-10(9(7)11)8-6-12-4-5-13-8/h2-6H,1H3. The van der Waals surface area contributed by atoms with Crippen LogP contribution in [-0.4, -0.2) is 15.0 Å². The second-order valence-electron chi connectivity index (χ2n) is 2.88. The fraction of sp³-hybridized carbons (Fsp3) is 0.100. The van der Waals surface area contributed by atoms with Crippen molar-refractivity contribution in [1.29, 1.82) is 0 Å². The Morgan fingerprint density at radius 1 is 1.14 bits per heavy atom. The molecule has 0 saturated heterocycles. The highest BCUT2D eigenvalue weighted by Gasteiger charge is 2.07. The van der Waals surface area contributed by atoms with Gasteiger partial charge in [0.2, 0.25) is 0 Å². The van der Waals surface area contributed by atoms with E-state index in [1.807, 2.05) is 13.0 Å². The van der Waals surface area contributed by atoms with Gasteiger partial charge in [0.15, 0.2) is 0 Å². The van der Waals surface area contributed by atoms with Gasteiger partial charge in [0.05, 0.1) is 11.2 Å². The Bertz CT molecular complexity index is 442. The Morgan fingerprint density at radius 2 is 2.00 bits per heavy atom. The van der Waals surface area contributed by atoms with E-state index in [1.54, 1.807) is 24.8 Å². The van der Waals surface area contributed by atoms with Gasteiger partial charge in [0.1, 0.15) is 11.4 Å². The molecule has 0 aromatic carbocycles. The molecule has 4 heteroatoms. The third-order valence-corrected chi connectivity index (χ3v) is 2.37. The lowest BCUT2D eigenvalue weighted by molar-refractivity contribution is 1.17. The lowest BCUT2D eigenvalue weighted by Gasteiger charge is -2.03. The number of halogens is 1. The molecule has 14 heavy (non-hydrogen) atoms. The van der Waals surface area contributed by atoms with Gasteiger partial charge >= 0.3 is 0 Å². The largest absolute Gasteiger partial charge is 0.261 e. The summed E-state index contributed by atoms with van der Waals surface area (Å²) in [7, 11) is 0. The number of aryl methyl sites for hydroxylation is 1. The van der Waals surface area contributed by atoms with Crippen molar-refractivity contribution in [2.75, 3.05) is 0 Å². The second-order valence-corrected chi connectivity index (χ2v) is 3.26. The smallest absolute Gasteiger partial charge is 0.109 e. The molecular formula is C10H8ClN3. The second kappa shape index (κ2) is 3.72. The molecule has 0 aliphatic carbocycles. The van der Waals surface area contributed by atoms with E-state index in [0.29, 0.717) is 16.4 Å². The van der Waals surface area contributed by atoms with Crippen molar-refractivity contribution < 1.29 is 0 Å². The molecule has 0 amide bonds. The van der Waals surface area contributed by atoms with Crippen LogP contribution in [0.5, 0.6) is 0 Å². The first kappa shape index (κ1) is 9.09. The molecule has 0 spiro atoms. The van der Waals surface area contributed by atoms with Crippen molar-refractivity contribution in [3.63, 3.8) is 0 Å². The first-order valence-electron chi connectivity index (χ1n) is 4.16. The molecule has 0 unspecified atom stereocenters. The minimum Gasteiger partial charge on any atom is -0.261 e. The average Bonchev–Trinajstić information content (AvgIpc) is 2.23. The summed E-state index contributed by atoms with van der Waals surface area (Å²) in [6.45, 7) is 1.93. The lowest BCUT2D eigenvalue weighted by atomic mass is 10.2. The number of nitrogens with zero attached hydrogens (tertiary/aromatic N) is 3. The zero-order chi connectivity index (χ0) is 9.97. The summed E-state index contributed by atoms with van der Waals surface area (Å²) in [5.41, 5.74) is 2.36. The van der Waals surface area contributed by atoms with Crippen LogP contribution < -0.4 is 0 Å². The first-order chi connectivity index (χ1) is 6.79. The third-order valence-electron chi connectivity index (χ3n) is 1.89. The maximum atomic E-state index is 6.10. The van der Waals surface area contributed by atoms with Gasteiger partial charge in [-0.05, 0) is 18.6 Å². The van der Waals surface area contributed by atoms with Crippen LogP contribution in [0.2, 0.25) is 5.02 Å². The molecule has 0 fully saturated rings. The van der Waals surface area contributed by atoms with Crippen molar-refractivity contribution in [2.45, 2.75) is 6.92 Å². The minimum atomic E-state index is 0.632. The summed E-state index contributed by atoms with van der Waals surface area (Å²) in [6.07, 6.45) is 6.60. The fourth-order valence-electron chi connectivity index (χ4n) is 1.14. The van der Waals surface area contributed by atoms with Gasteiger partial charge < -0.3 is 0 Å². The predicted octanol–water partition coefficient (Wildman–Crippen LogP) is 2.50. The maximum absolute atomic E-state index is 6.10. The van der Waals surface area contributed by atoms with Crippen molar-refractivity contribution in [3.8, 4) is 11.4 Å². The molecule has 2 heterocycles. The number of hydrogen-bond acceptors (Lipinski definition) is 3. The molecule has 0 aliphatic rings. The number of hydrogen-bond donors (Lipinski definition) is 0. The van der Waals surface area contributed by atoms with Crippen LogP contribution in [0.4, 0.5) is 0 Å². The van der Waals surface area contributed by atoms with Gasteiger partial charge in [-0.3, -0.25) is 15.0 Å². The van der Waals surface area contributed by atoms with Crippen molar-refractivity contribution in [3.05, 3.63) is 41.4 Å². The third kappa shape index (κ3) is 1.59. The molecule has 2 aromatic rings. The van der Waals surface area contributed by atoms with E-state index in [4.69, 9.17) is 11.6 Å². The molecular weight excluding hydrogens is 198 g/mol. The number of aromatic nitrogens is 3. The Kier molecular flexibility index (Phi) is 2.41. The van der Waals surface area contributed by atoms with E-state index >= 15 is 0 Å². The van der Waals surface area contributed by atoms with E-state index in [0.717, 1.165) is 5.56 Å². The summed E-state index contributed by atoms with van der Waals surface area (Å²) < 4.78 is 0. The van der Waals surface area contributed by atoms with Crippen LogP contribution in [0.1, 0.15) is 5.56 Å². The van der Waals surface area contributed by atoms with E-state index < -0.39 is 0 Å². The van der Waals surface area contributed by atoms with Gasteiger partial charge in [0, 0.05) is 18.6 Å². The van der Waals surface area contributed by atoms with Gasteiger partial charge in [-0.1, -0.05) is 11.6 Å².